The predicted octanol–water partition coefficient (Wildman–Crippen LogP) is 5.97. The molecule has 4 rings (SSSR count). The molecule has 14 nitrogen and oxygen atoms in total. The van der Waals surface area contributed by atoms with Crippen molar-refractivity contribution in [2.75, 3.05) is 32.8 Å². The number of rotatable bonds is 13. The third-order valence-electron chi connectivity index (χ3n) is 8.57. The predicted molar refractivity (Wildman–Crippen MR) is 222 cm³/mol. The van der Waals surface area contributed by atoms with Crippen LogP contribution in [0.5, 0.6) is 0 Å². The Morgan fingerprint density at radius 1 is 1.12 bits per heavy atom. The van der Waals surface area contributed by atoms with E-state index in [0.29, 0.717) is 37.4 Å². The summed E-state index contributed by atoms with van der Waals surface area (Å²) in [5.74, 6) is -4.84. The molecule has 57 heavy (non-hydrogen) atoms. The molecule has 3 amide bonds. The Bertz CT molecular complexity index is 1770. The Morgan fingerprint density at radius 3 is 2.28 bits per heavy atom. The second kappa shape index (κ2) is 25.0. The van der Waals surface area contributed by atoms with Crippen LogP contribution in [0, 0.1) is 5.41 Å². The quantitative estimate of drug-likeness (QED) is 0.0406. The lowest BCUT2D eigenvalue weighted by atomic mass is 9.98. The maximum Gasteiger partial charge on any atom is 0.292 e. The van der Waals surface area contributed by atoms with Gasteiger partial charge in [0, 0.05) is 56.1 Å². The molecule has 0 unspecified atom stereocenters. The van der Waals surface area contributed by atoms with Crippen LogP contribution in [0.25, 0.3) is 0 Å². The van der Waals surface area contributed by atoms with Crippen LogP contribution in [-0.2, 0) is 51.2 Å². The second-order valence-electron chi connectivity index (χ2n) is 12.2. The molecule has 0 spiro atoms. The van der Waals surface area contributed by atoms with Gasteiger partial charge in [-0.2, -0.15) is 5.10 Å². The van der Waals surface area contributed by atoms with E-state index in [2.05, 4.69) is 33.9 Å². The van der Waals surface area contributed by atoms with Crippen LogP contribution in [0.15, 0.2) is 69.3 Å². The SMILES string of the molecule is C=NN(Cc1ccc(C(C)(F)F)cc1Cl)C(=O)/C(=C(/CC)NC=NCc1cccc2c1COCC2)N1CCN(C(=O)/C(N)=C(\O)C(C)=N)CC1.CC.CC.NC=O. The average molecular weight is 818 g/mol. The molecule has 0 aromatic heterocycles. The number of nitrogens with two attached hydrogens (primary N) is 2. The molecule has 1 saturated heterocycles. The molecule has 2 aromatic rings. The monoisotopic (exact) mass is 817 g/mol. The fourth-order valence-corrected chi connectivity index (χ4v) is 5.94. The number of halogens is 3. The molecule has 0 aliphatic carbocycles. The summed E-state index contributed by atoms with van der Waals surface area (Å²) in [5.41, 5.74) is 13.7. The lowest BCUT2D eigenvalue weighted by molar-refractivity contribution is -0.131. The van der Waals surface area contributed by atoms with Gasteiger partial charge in [0.1, 0.15) is 11.4 Å². The van der Waals surface area contributed by atoms with Gasteiger partial charge < -0.3 is 41.8 Å². The molecule has 314 valence electrons. The van der Waals surface area contributed by atoms with Gasteiger partial charge in [-0.3, -0.25) is 19.4 Å². The number of ether oxygens (including phenoxy) is 1. The Kier molecular flexibility index (Phi) is 21.8. The highest BCUT2D eigenvalue weighted by atomic mass is 35.5. The highest BCUT2D eigenvalue weighted by molar-refractivity contribution is 6.31. The van der Waals surface area contributed by atoms with E-state index in [1.807, 2.05) is 46.8 Å². The van der Waals surface area contributed by atoms with Gasteiger partial charge in [-0.15, -0.1) is 0 Å². The zero-order valence-electron chi connectivity index (χ0n) is 34.0. The van der Waals surface area contributed by atoms with E-state index in [4.69, 9.17) is 32.3 Å². The highest BCUT2D eigenvalue weighted by Crippen LogP contribution is 2.31. The first kappa shape index (κ1) is 49.7. The number of aliphatic hydroxyl groups is 1. The minimum absolute atomic E-state index is 0.0478. The molecule has 2 heterocycles. The first-order chi connectivity index (χ1) is 27.2. The number of hydrogen-bond acceptors (Lipinski definition) is 10. The zero-order chi connectivity index (χ0) is 43.3. The Balaban J connectivity index is 0.00000218. The first-order valence-electron chi connectivity index (χ1n) is 18.7. The van der Waals surface area contributed by atoms with Crippen LogP contribution in [0.3, 0.4) is 0 Å². The molecular weight excluding hydrogens is 760 g/mol. The van der Waals surface area contributed by atoms with E-state index >= 15 is 0 Å². The van der Waals surface area contributed by atoms with Crippen molar-refractivity contribution < 1.29 is 33.0 Å². The topological polar surface area (TPSA) is 203 Å². The number of aliphatic imine (C=N–C) groups is 1. The molecule has 0 radical (unpaired) electrons. The van der Waals surface area contributed by atoms with Gasteiger partial charge in [0.15, 0.2) is 5.76 Å². The largest absolute Gasteiger partial charge is 0.504 e. The highest BCUT2D eigenvalue weighted by Gasteiger charge is 2.32. The van der Waals surface area contributed by atoms with Gasteiger partial charge in [-0.25, -0.2) is 13.8 Å². The number of carbonyl (C=O) groups is 3. The fourth-order valence-electron chi connectivity index (χ4n) is 5.70. The molecule has 7 N–H and O–H groups in total. The van der Waals surface area contributed by atoms with Crippen LogP contribution < -0.4 is 16.8 Å². The number of amides is 3. The van der Waals surface area contributed by atoms with Gasteiger partial charge in [0.25, 0.3) is 17.7 Å². The van der Waals surface area contributed by atoms with Crippen molar-refractivity contribution in [3.05, 3.63) is 92.1 Å². The van der Waals surface area contributed by atoms with Crippen molar-refractivity contribution in [3.63, 3.8) is 0 Å². The standard InChI is InChI=1S/C35H43ClF2N8O4.2C2H6.CH3NO/c1-5-29(43-21-42-18-24-8-6-7-23-11-16-50-20-27(23)24)31(44-12-14-45(15-13-44)33(48)30(40)32(47)22(2)39)34(49)46(41-4)19-25-9-10-26(17-28(25)36)35(3,37)38;2*1-2;2-1-3/h6-10,17,21,39,47H,4-5,11-16,18-20,40H2,1-3H3,(H,42,43);2*1-2H3;1H,(H2,2,3)/b31-29+,32-30+,39-22?;;;. The van der Waals surface area contributed by atoms with Crippen LogP contribution in [0.2, 0.25) is 5.02 Å². The van der Waals surface area contributed by atoms with Gasteiger partial charge in [0.05, 0.1) is 38.4 Å². The number of nitrogens with zero attached hydrogens (tertiary/aromatic N) is 5. The summed E-state index contributed by atoms with van der Waals surface area (Å²) in [7, 11) is 0. The number of benzene rings is 2. The number of hydrazone groups is 1. The third-order valence-corrected chi connectivity index (χ3v) is 8.93. The molecule has 2 aliphatic rings. The zero-order valence-corrected chi connectivity index (χ0v) is 34.8. The summed E-state index contributed by atoms with van der Waals surface area (Å²) >= 11 is 6.38. The maximum atomic E-state index is 14.3. The molecule has 0 saturated carbocycles. The number of hydrogen-bond donors (Lipinski definition) is 5. The number of aliphatic hydroxyl groups excluding tert-OH is 1. The van der Waals surface area contributed by atoms with Gasteiger partial charge >= 0.3 is 0 Å². The number of nitrogens with one attached hydrogen (secondary N) is 2. The minimum Gasteiger partial charge on any atom is -0.504 e. The Morgan fingerprint density at radius 2 is 1.74 bits per heavy atom. The summed E-state index contributed by atoms with van der Waals surface area (Å²) in [5, 5.41) is 26.0. The molecular formula is C40H58ClF2N9O5. The average Bonchev–Trinajstić information content (AvgIpc) is 3.22. The molecule has 0 bridgehead atoms. The molecule has 1 fully saturated rings. The van der Waals surface area contributed by atoms with Crippen molar-refractivity contribution in [3.8, 4) is 0 Å². The van der Waals surface area contributed by atoms with Crippen molar-refractivity contribution >= 4 is 48.6 Å². The number of fused-ring (bicyclic) bond motifs is 1. The van der Waals surface area contributed by atoms with Crippen LogP contribution in [0.4, 0.5) is 8.78 Å². The van der Waals surface area contributed by atoms with E-state index in [-0.39, 0.29) is 61.1 Å². The smallest absolute Gasteiger partial charge is 0.292 e. The Hall–Kier alpha value is -5.35. The third kappa shape index (κ3) is 14.3. The van der Waals surface area contributed by atoms with Gasteiger partial charge in [-0.05, 0) is 48.1 Å². The van der Waals surface area contributed by atoms with E-state index in [0.717, 1.165) is 29.5 Å². The normalized spacial score (nSPS) is 14.4. The summed E-state index contributed by atoms with van der Waals surface area (Å²) in [6.07, 6.45) is 3.02. The molecule has 17 heteroatoms. The van der Waals surface area contributed by atoms with Gasteiger partial charge in [0.2, 0.25) is 6.41 Å². The number of carbonyl (C=O) groups excluding carboxylic acids is 3. The molecule has 2 aromatic carbocycles. The summed E-state index contributed by atoms with van der Waals surface area (Å²) in [6, 6.07) is 9.95. The van der Waals surface area contributed by atoms with Crippen molar-refractivity contribution in [2.45, 2.75) is 86.9 Å². The number of allylic oxidation sites excluding steroid dienone is 2. The lowest BCUT2D eigenvalue weighted by Crippen LogP contribution is -2.52. The van der Waals surface area contributed by atoms with Crippen molar-refractivity contribution in [1.82, 2.24) is 20.1 Å². The van der Waals surface area contributed by atoms with Crippen molar-refractivity contribution in [1.29, 1.82) is 5.41 Å². The minimum atomic E-state index is -3.10. The van der Waals surface area contributed by atoms with E-state index in [1.165, 1.54) is 41.9 Å². The van der Waals surface area contributed by atoms with Crippen LogP contribution in [0.1, 0.15) is 82.7 Å². The summed E-state index contributed by atoms with van der Waals surface area (Å²) in [6.45, 7) is 17.8. The molecule has 0 atom stereocenters. The lowest BCUT2D eigenvalue weighted by Gasteiger charge is -2.38. The van der Waals surface area contributed by atoms with E-state index in [1.54, 1.807) is 4.90 Å². The van der Waals surface area contributed by atoms with Gasteiger partial charge in [-0.1, -0.05) is 76.6 Å². The molecule has 2 aliphatic heterocycles. The van der Waals surface area contributed by atoms with Crippen LogP contribution >= 0.6 is 11.6 Å². The summed E-state index contributed by atoms with van der Waals surface area (Å²) < 4.78 is 33.5. The number of piperazine rings is 1. The van der Waals surface area contributed by atoms with Crippen LogP contribution in [-0.4, -0.2) is 89.7 Å². The fraction of sp³-hybridized carbons (Fsp3) is 0.450. The Labute approximate surface area is 339 Å². The summed E-state index contributed by atoms with van der Waals surface area (Å²) in [4.78, 5) is 43.7. The van der Waals surface area contributed by atoms with Crippen molar-refractivity contribution in [2.24, 2.45) is 21.6 Å². The number of alkyl halides is 2. The number of primary amides is 1. The van der Waals surface area contributed by atoms with E-state index < -0.39 is 29.2 Å². The second-order valence-corrected chi connectivity index (χ2v) is 12.6. The van der Waals surface area contributed by atoms with E-state index in [9.17, 15) is 23.5 Å². The first-order valence-corrected chi connectivity index (χ1v) is 19.1. The maximum absolute atomic E-state index is 14.3.